The van der Waals surface area contributed by atoms with Crippen LogP contribution in [0.5, 0.6) is 11.5 Å². The summed E-state index contributed by atoms with van der Waals surface area (Å²) in [5.41, 5.74) is 1.65. The molecule has 1 aliphatic heterocycles. The van der Waals surface area contributed by atoms with Crippen LogP contribution in [0.15, 0.2) is 30.9 Å². The van der Waals surface area contributed by atoms with Crippen LogP contribution in [-0.2, 0) is 11.3 Å². The van der Waals surface area contributed by atoms with Crippen LogP contribution in [0.3, 0.4) is 0 Å². The van der Waals surface area contributed by atoms with E-state index in [0.717, 1.165) is 5.56 Å². The Kier molecular flexibility index (Phi) is 5.20. The molecule has 1 aliphatic rings. The topological polar surface area (TPSA) is 155 Å². The average Bonchev–Trinajstić information content (AvgIpc) is 3.28. The highest BCUT2D eigenvalue weighted by atomic mass is 16.6. The number of phenolic OH excluding ortho intramolecular Hbond substituents is 1. The summed E-state index contributed by atoms with van der Waals surface area (Å²) < 4.78 is 12.1. The van der Waals surface area contributed by atoms with Crippen LogP contribution in [0, 0.1) is 0 Å². The molecule has 2 aromatic heterocycles. The molecule has 0 spiro atoms. The lowest BCUT2D eigenvalue weighted by Gasteiger charge is -2.16. The first-order valence-corrected chi connectivity index (χ1v) is 8.93. The van der Waals surface area contributed by atoms with Gasteiger partial charge in [-0.2, -0.15) is 0 Å². The molecular formula is C18H21N5O6. The molecule has 4 rings (SSSR count). The molecule has 0 aliphatic carbocycles. The minimum atomic E-state index is -1.24. The predicted octanol–water partition coefficient (Wildman–Crippen LogP) is -0.236. The fourth-order valence-corrected chi connectivity index (χ4v) is 3.31. The number of rotatable bonds is 6. The maximum atomic E-state index is 10.3. The van der Waals surface area contributed by atoms with Gasteiger partial charge in [-0.3, -0.25) is 4.57 Å². The van der Waals surface area contributed by atoms with E-state index in [1.54, 1.807) is 12.1 Å². The Labute approximate surface area is 165 Å². The van der Waals surface area contributed by atoms with Gasteiger partial charge in [-0.25, -0.2) is 15.0 Å². The summed E-state index contributed by atoms with van der Waals surface area (Å²) in [5.74, 6) is 0.875. The second-order valence-electron chi connectivity index (χ2n) is 6.63. The Balaban J connectivity index is 1.57. The van der Waals surface area contributed by atoms with Crippen LogP contribution in [0.25, 0.3) is 11.2 Å². The third kappa shape index (κ3) is 3.44. The van der Waals surface area contributed by atoms with Crippen molar-refractivity contribution in [3.63, 3.8) is 0 Å². The van der Waals surface area contributed by atoms with Crippen molar-refractivity contribution in [3.05, 3.63) is 36.4 Å². The van der Waals surface area contributed by atoms with Crippen molar-refractivity contribution >= 4 is 17.0 Å². The number of ether oxygens (including phenoxy) is 2. The lowest BCUT2D eigenvalue weighted by atomic mass is 10.1. The van der Waals surface area contributed by atoms with Gasteiger partial charge in [-0.15, -0.1) is 0 Å². The Morgan fingerprint density at radius 1 is 1.21 bits per heavy atom. The SMILES string of the molecule is COc1ccc(CNc2ncnc3c2ncn3[C@@H]2O[C@H](CO)C(O)C2O)cc1O. The van der Waals surface area contributed by atoms with Gasteiger partial charge in [-0.1, -0.05) is 6.07 Å². The molecule has 5 N–H and O–H groups in total. The predicted molar refractivity (Wildman–Crippen MR) is 100 cm³/mol. The lowest BCUT2D eigenvalue weighted by molar-refractivity contribution is -0.0511. The van der Waals surface area contributed by atoms with Crippen molar-refractivity contribution in [2.24, 2.45) is 0 Å². The second kappa shape index (κ2) is 7.79. The number of hydrogen-bond donors (Lipinski definition) is 5. The van der Waals surface area contributed by atoms with Gasteiger partial charge < -0.3 is 35.2 Å². The van der Waals surface area contributed by atoms with E-state index in [1.807, 2.05) is 6.07 Å². The van der Waals surface area contributed by atoms with Crippen LogP contribution in [0.2, 0.25) is 0 Å². The molecule has 2 unspecified atom stereocenters. The smallest absolute Gasteiger partial charge is 0.167 e. The van der Waals surface area contributed by atoms with Crippen LogP contribution >= 0.6 is 0 Å². The minimum Gasteiger partial charge on any atom is -0.504 e. The molecular weight excluding hydrogens is 382 g/mol. The number of phenols is 1. The van der Waals surface area contributed by atoms with E-state index in [0.29, 0.717) is 29.3 Å². The van der Waals surface area contributed by atoms with Crippen molar-refractivity contribution < 1.29 is 29.9 Å². The number of benzene rings is 1. The first-order valence-electron chi connectivity index (χ1n) is 8.93. The standard InChI is InChI=1S/C18H21N5O6/c1-28-11-3-2-9(4-10(11)25)5-19-16-13-17(21-7-20-16)23(8-22-13)18-15(27)14(26)12(6-24)29-18/h2-4,7-8,12,14-15,18,24-27H,5-6H2,1H3,(H,19,20,21)/t12-,14?,15?,18-/m1/s1. The van der Waals surface area contributed by atoms with Gasteiger partial charge in [0.2, 0.25) is 0 Å². The molecule has 1 aromatic carbocycles. The van der Waals surface area contributed by atoms with Gasteiger partial charge in [0.1, 0.15) is 24.6 Å². The summed E-state index contributed by atoms with van der Waals surface area (Å²) in [6, 6.07) is 5.06. The molecule has 11 heteroatoms. The largest absolute Gasteiger partial charge is 0.504 e. The van der Waals surface area contributed by atoms with E-state index in [-0.39, 0.29) is 5.75 Å². The number of methoxy groups -OCH3 is 1. The molecule has 0 radical (unpaired) electrons. The fourth-order valence-electron chi connectivity index (χ4n) is 3.31. The summed E-state index contributed by atoms with van der Waals surface area (Å²) in [6.45, 7) is -0.0533. The first kappa shape index (κ1) is 19.3. The van der Waals surface area contributed by atoms with Crippen LogP contribution in [-0.4, -0.2) is 72.0 Å². The van der Waals surface area contributed by atoms with Crippen LogP contribution in [0.4, 0.5) is 5.82 Å². The highest BCUT2D eigenvalue weighted by molar-refractivity contribution is 5.82. The molecule has 11 nitrogen and oxygen atoms in total. The third-order valence-electron chi connectivity index (χ3n) is 4.85. The molecule has 29 heavy (non-hydrogen) atoms. The van der Waals surface area contributed by atoms with Crippen molar-refractivity contribution in [1.29, 1.82) is 0 Å². The monoisotopic (exact) mass is 403 g/mol. The molecule has 0 amide bonds. The van der Waals surface area contributed by atoms with Crippen molar-refractivity contribution in [1.82, 2.24) is 19.5 Å². The molecule has 1 saturated heterocycles. The lowest BCUT2D eigenvalue weighted by Crippen LogP contribution is -2.33. The summed E-state index contributed by atoms with van der Waals surface area (Å²) in [5, 5.41) is 42.6. The number of nitrogens with one attached hydrogen (secondary N) is 1. The molecule has 154 valence electrons. The number of anilines is 1. The molecule has 4 atom stereocenters. The number of aromatic nitrogens is 4. The Hall–Kier alpha value is -2.99. The van der Waals surface area contributed by atoms with E-state index < -0.39 is 31.1 Å². The van der Waals surface area contributed by atoms with Crippen LogP contribution in [0.1, 0.15) is 11.8 Å². The first-order chi connectivity index (χ1) is 14.0. The van der Waals surface area contributed by atoms with E-state index in [1.165, 1.54) is 24.3 Å². The number of imidazole rings is 1. The van der Waals surface area contributed by atoms with Gasteiger partial charge in [0, 0.05) is 6.54 Å². The number of aromatic hydroxyl groups is 1. The Morgan fingerprint density at radius 3 is 2.72 bits per heavy atom. The van der Waals surface area contributed by atoms with Gasteiger partial charge in [0.05, 0.1) is 20.0 Å². The van der Waals surface area contributed by atoms with Gasteiger partial charge in [0.15, 0.2) is 34.7 Å². The van der Waals surface area contributed by atoms with E-state index in [2.05, 4.69) is 20.3 Å². The molecule has 0 bridgehead atoms. The maximum Gasteiger partial charge on any atom is 0.167 e. The van der Waals surface area contributed by atoms with E-state index in [9.17, 15) is 20.4 Å². The van der Waals surface area contributed by atoms with Crippen molar-refractivity contribution in [2.45, 2.75) is 31.1 Å². The number of aliphatic hydroxyl groups is 3. The van der Waals surface area contributed by atoms with Crippen molar-refractivity contribution in [3.8, 4) is 11.5 Å². The maximum absolute atomic E-state index is 10.3. The summed E-state index contributed by atoms with van der Waals surface area (Å²) in [4.78, 5) is 12.7. The zero-order valence-electron chi connectivity index (χ0n) is 15.5. The number of hydrogen-bond acceptors (Lipinski definition) is 10. The quantitative estimate of drug-likeness (QED) is 0.372. The summed E-state index contributed by atoms with van der Waals surface area (Å²) in [6.07, 6.45) is -1.51. The van der Waals surface area contributed by atoms with Gasteiger partial charge in [0.25, 0.3) is 0 Å². The summed E-state index contributed by atoms with van der Waals surface area (Å²) >= 11 is 0. The normalized spacial score (nSPS) is 24.1. The summed E-state index contributed by atoms with van der Waals surface area (Å²) in [7, 11) is 1.48. The molecule has 3 aromatic rings. The molecule has 3 heterocycles. The Bertz CT molecular complexity index is 1010. The van der Waals surface area contributed by atoms with E-state index >= 15 is 0 Å². The van der Waals surface area contributed by atoms with E-state index in [4.69, 9.17) is 9.47 Å². The molecule has 0 saturated carbocycles. The van der Waals surface area contributed by atoms with Crippen molar-refractivity contribution in [2.75, 3.05) is 19.0 Å². The van der Waals surface area contributed by atoms with Crippen LogP contribution < -0.4 is 10.1 Å². The zero-order chi connectivity index (χ0) is 20.5. The highest BCUT2D eigenvalue weighted by Crippen LogP contribution is 2.32. The average molecular weight is 403 g/mol. The third-order valence-corrected chi connectivity index (χ3v) is 4.85. The second-order valence-corrected chi connectivity index (χ2v) is 6.63. The fraction of sp³-hybridized carbons (Fsp3) is 0.389. The van der Waals surface area contributed by atoms with Gasteiger partial charge >= 0.3 is 0 Å². The number of nitrogens with zero attached hydrogens (tertiary/aromatic N) is 4. The molecule has 1 fully saturated rings. The highest BCUT2D eigenvalue weighted by Gasteiger charge is 2.44. The number of aliphatic hydroxyl groups excluding tert-OH is 3. The Morgan fingerprint density at radius 2 is 2.03 bits per heavy atom. The number of fused-ring (bicyclic) bond motifs is 1. The zero-order valence-corrected chi connectivity index (χ0v) is 15.5. The van der Waals surface area contributed by atoms with Gasteiger partial charge in [-0.05, 0) is 17.7 Å². The minimum absolute atomic E-state index is 0.0354.